The molecule has 0 aliphatic heterocycles. The van der Waals surface area contributed by atoms with Crippen LogP contribution in [0.1, 0.15) is 38.8 Å². The summed E-state index contributed by atoms with van der Waals surface area (Å²) >= 11 is 0. The van der Waals surface area contributed by atoms with Crippen LogP contribution in [-0.4, -0.2) is 37.4 Å². The van der Waals surface area contributed by atoms with Gasteiger partial charge < -0.3 is 16.0 Å². The molecule has 0 saturated heterocycles. The molecule has 1 aromatic rings. The number of rotatable bonds is 7. The van der Waals surface area contributed by atoms with E-state index in [0.717, 1.165) is 12.0 Å². The summed E-state index contributed by atoms with van der Waals surface area (Å²) in [5, 5.41) is 7.57. The van der Waals surface area contributed by atoms with E-state index in [0.29, 0.717) is 6.54 Å². The largest absolute Gasteiger partial charge is 0.354 e. The van der Waals surface area contributed by atoms with E-state index in [9.17, 15) is 14.4 Å². The molecule has 0 aromatic heterocycles. The molecule has 0 aliphatic carbocycles. The van der Waals surface area contributed by atoms with Crippen LogP contribution < -0.4 is 16.0 Å². The Balaban J connectivity index is 2.26. The minimum Gasteiger partial charge on any atom is -0.354 e. The predicted octanol–water partition coefficient (Wildman–Crippen LogP) is 0.895. The second-order valence-electron chi connectivity index (χ2n) is 6.73. The number of carbonyl (C=O) groups excluding carboxylic acids is 3. The van der Waals surface area contributed by atoms with Gasteiger partial charge >= 0.3 is 0 Å². The Labute approximate surface area is 143 Å². The van der Waals surface area contributed by atoms with E-state index in [4.69, 9.17) is 0 Å². The second kappa shape index (κ2) is 9.05. The molecule has 0 saturated carbocycles. The van der Waals surface area contributed by atoms with Crippen molar-refractivity contribution >= 4 is 17.7 Å². The van der Waals surface area contributed by atoms with Crippen LogP contribution in [0.4, 0.5) is 0 Å². The Morgan fingerprint density at radius 1 is 0.875 bits per heavy atom. The number of benzene rings is 1. The van der Waals surface area contributed by atoms with Gasteiger partial charge in [-0.3, -0.25) is 14.4 Å². The number of amides is 3. The average molecular weight is 333 g/mol. The summed E-state index contributed by atoms with van der Waals surface area (Å²) in [6.45, 7) is 8.13. The smallest absolute Gasteiger partial charge is 0.239 e. The monoisotopic (exact) mass is 333 g/mol. The summed E-state index contributed by atoms with van der Waals surface area (Å²) in [5.41, 5.74) is 2.55. The van der Waals surface area contributed by atoms with Crippen LogP contribution in [0.2, 0.25) is 0 Å². The van der Waals surface area contributed by atoms with E-state index in [1.54, 1.807) is 0 Å². The van der Waals surface area contributed by atoms with Gasteiger partial charge in [-0.2, -0.15) is 0 Å². The van der Waals surface area contributed by atoms with Gasteiger partial charge in [0.05, 0.1) is 13.1 Å². The van der Waals surface area contributed by atoms with Crippen molar-refractivity contribution in [2.24, 2.45) is 0 Å². The maximum atomic E-state index is 11.6. The van der Waals surface area contributed by atoms with Gasteiger partial charge in [0, 0.05) is 13.5 Å². The Hall–Kier alpha value is -2.37. The number of carbonyl (C=O) groups is 3. The summed E-state index contributed by atoms with van der Waals surface area (Å²) < 4.78 is 0. The van der Waals surface area contributed by atoms with E-state index in [-0.39, 0.29) is 30.3 Å². The molecule has 24 heavy (non-hydrogen) atoms. The van der Waals surface area contributed by atoms with Gasteiger partial charge in [0.25, 0.3) is 0 Å². The minimum absolute atomic E-state index is 0.0959. The van der Waals surface area contributed by atoms with Crippen LogP contribution >= 0.6 is 0 Å². The van der Waals surface area contributed by atoms with Crippen LogP contribution in [0.15, 0.2) is 24.3 Å². The molecule has 6 nitrogen and oxygen atoms in total. The first-order chi connectivity index (χ1) is 11.2. The molecule has 0 atom stereocenters. The fourth-order valence-electron chi connectivity index (χ4n) is 2.03. The standard InChI is InChI=1S/C18H27N3O3/c1-13(22)20-11-17(24)21-12-16(23)19-10-9-14-5-7-15(8-6-14)18(2,3)4/h5-8H,9-12H2,1-4H3,(H,19,23)(H,20,22)(H,21,24). The van der Waals surface area contributed by atoms with E-state index in [1.807, 2.05) is 0 Å². The molecule has 0 spiro atoms. The fourth-order valence-corrected chi connectivity index (χ4v) is 2.03. The highest BCUT2D eigenvalue weighted by atomic mass is 16.2. The van der Waals surface area contributed by atoms with Gasteiger partial charge in [-0.25, -0.2) is 0 Å². The van der Waals surface area contributed by atoms with Crippen molar-refractivity contribution in [2.75, 3.05) is 19.6 Å². The molecule has 0 radical (unpaired) electrons. The highest BCUT2D eigenvalue weighted by molar-refractivity contribution is 5.87. The van der Waals surface area contributed by atoms with Crippen LogP contribution in [0, 0.1) is 0 Å². The van der Waals surface area contributed by atoms with Gasteiger partial charge in [-0.1, -0.05) is 45.0 Å². The lowest BCUT2D eigenvalue weighted by molar-refractivity contribution is -0.127. The molecule has 0 fully saturated rings. The van der Waals surface area contributed by atoms with E-state index in [1.165, 1.54) is 12.5 Å². The van der Waals surface area contributed by atoms with Crippen molar-refractivity contribution in [1.82, 2.24) is 16.0 Å². The molecule has 1 aromatic carbocycles. The van der Waals surface area contributed by atoms with Crippen LogP contribution in [0.3, 0.4) is 0 Å². The van der Waals surface area contributed by atoms with Gasteiger partial charge in [-0.05, 0) is 23.0 Å². The van der Waals surface area contributed by atoms with Crippen molar-refractivity contribution in [3.63, 3.8) is 0 Å². The molecule has 0 aliphatic rings. The maximum absolute atomic E-state index is 11.6. The topological polar surface area (TPSA) is 87.3 Å². The minimum atomic E-state index is -0.391. The third-order valence-corrected chi connectivity index (χ3v) is 3.50. The zero-order chi connectivity index (χ0) is 18.2. The Morgan fingerprint density at radius 2 is 1.42 bits per heavy atom. The number of nitrogens with one attached hydrogen (secondary N) is 3. The molecule has 0 bridgehead atoms. The zero-order valence-corrected chi connectivity index (χ0v) is 14.9. The fraction of sp³-hybridized carbons (Fsp3) is 0.500. The molecule has 132 valence electrons. The van der Waals surface area contributed by atoms with E-state index in [2.05, 4.69) is 61.0 Å². The van der Waals surface area contributed by atoms with Crippen molar-refractivity contribution in [2.45, 2.75) is 39.5 Å². The number of hydrogen-bond donors (Lipinski definition) is 3. The lowest BCUT2D eigenvalue weighted by Crippen LogP contribution is -2.41. The second-order valence-corrected chi connectivity index (χ2v) is 6.73. The first-order valence-corrected chi connectivity index (χ1v) is 8.06. The Morgan fingerprint density at radius 3 is 1.96 bits per heavy atom. The highest BCUT2D eigenvalue weighted by Crippen LogP contribution is 2.22. The van der Waals surface area contributed by atoms with Crippen LogP contribution in [0.25, 0.3) is 0 Å². The lowest BCUT2D eigenvalue weighted by Gasteiger charge is -2.19. The molecule has 6 heteroatoms. The summed E-state index contributed by atoms with van der Waals surface area (Å²) in [5.74, 6) is -0.928. The van der Waals surface area contributed by atoms with Gasteiger partial charge in [0.1, 0.15) is 0 Å². The molecule has 0 unspecified atom stereocenters. The highest BCUT2D eigenvalue weighted by Gasteiger charge is 2.12. The third-order valence-electron chi connectivity index (χ3n) is 3.50. The van der Waals surface area contributed by atoms with Crippen LogP contribution in [-0.2, 0) is 26.2 Å². The van der Waals surface area contributed by atoms with Gasteiger partial charge in [0.2, 0.25) is 17.7 Å². The molecule has 3 amide bonds. The summed E-state index contributed by atoms with van der Waals surface area (Å²) in [4.78, 5) is 33.7. The van der Waals surface area contributed by atoms with Crippen molar-refractivity contribution in [1.29, 1.82) is 0 Å². The summed E-state index contributed by atoms with van der Waals surface area (Å²) in [6.07, 6.45) is 0.732. The summed E-state index contributed by atoms with van der Waals surface area (Å²) in [6, 6.07) is 8.36. The number of hydrogen-bond acceptors (Lipinski definition) is 3. The van der Waals surface area contributed by atoms with Gasteiger partial charge in [-0.15, -0.1) is 0 Å². The normalized spacial score (nSPS) is 10.8. The first kappa shape index (κ1) is 19.7. The van der Waals surface area contributed by atoms with E-state index < -0.39 is 5.91 Å². The summed E-state index contributed by atoms with van der Waals surface area (Å²) in [7, 11) is 0. The molecular weight excluding hydrogens is 306 g/mol. The first-order valence-electron chi connectivity index (χ1n) is 8.06. The molecular formula is C18H27N3O3. The quantitative estimate of drug-likeness (QED) is 0.693. The third kappa shape index (κ3) is 7.76. The average Bonchev–Trinajstić information content (AvgIpc) is 2.50. The SMILES string of the molecule is CC(=O)NCC(=O)NCC(=O)NCCc1ccc(C(C)(C)C)cc1. The van der Waals surface area contributed by atoms with Crippen molar-refractivity contribution in [3.8, 4) is 0 Å². The maximum Gasteiger partial charge on any atom is 0.239 e. The van der Waals surface area contributed by atoms with Crippen molar-refractivity contribution < 1.29 is 14.4 Å². The predicted molar refractivity (Wildman–Crippen MR) is 93.5 cm³/mol. The molecule has 1 rings (SSSR count). The Bertz CT molecular complexity index is 574. The lowest BCUT2D eigenvalue weighted by atomic mass is 9.86. The van der Waals surface area contributed by atoms with Crippen molar-refractivity contribution in [3.05, 3.63) is 35.4 Å². The van der Waals surface area contributed by atoms with E-state index >= 15 is 0 Å². The molecule has 0 heterocycles. The Kier molecular flexibility index (Phi) is 7.42. The zero-order valence-electron chi connectivity index (χ0n) is 14.9. The molecule has 3 N–H and O–H groups in total. The van der Waals surface area contributed by atoms with Crippen LogP contribution in [0.5, 0.6) is 0 Å². The van der Waals surface area contributed by atoms with Gasteiger partial charge in [0.15, 0.2) is 0 Å².